The number of rotatable bonds is 6. The zero-order valence-corrected chi connectivity index (χ0v) is 10.0. The summed E-state index contributed by atoms with van der Waals surface area (Å²) in [5.41, 5.74) is 0. The monoisotopic (exact) mass is 239 g/mol. The number of aryl methyl sites for hydroxylation is 1. The summed E-state index contributed by atoms with van der Waals surface area (Å²) in [4.78, 5) is 26.2. The maximum Gasteiger partial charge on any atom is 0.291 e. The number of nitrogens with zero attached hydrogens (tertiary/aromatic N) is 2. The molecule has 0 aliphatic heterocycles. The average molecular weight is 239 g/mol. The molecule has 0 radical (unpaired) electrons. The molecule has 1 heterocycles. The largest absolute Gasteiger partial charge is 0.355 e. The van der Waals surface area contributed by atoms with Crippen molar-refractivity contribution in [1.82, 2.24) is 25.8 Å². The molecule has 0 aliphatic rings. The first-order valence-electron chi connectivity index (χ1n) is 5.57. The molecule has 17 heavy (non-hydrogen) atoms. The molecule has 0 saturated carbocycles. The first-order chi connectivity index (χ1) is 8.13. The van der Waals surface area contributed by atoms with Crippen LogP contribution >= 0.6 is 0 Å². The van der Waals surface area contributed by atoms with Crippen LogP contribution in [0.3, 0.4) is 0 Å². The SMILES string of the molecule is CCCc1nc(C(=O)NCCNC(C)=O)n[nH]1. The minimum Gasteiger partial charge on any atom is -0.355 e. The topological polar surface area (TPSA) is 99.8 Å². The van der Waals surface area contributed by atoms with E-state index in [-0.39, 0.29) is 17.6 Å². The Balaban J connectivity index is 2.33. The van der Waals surface area contributed by atoms with Gasteiger partial charge in [0.05, 0.1) is 0 Å². The lowest BCUT2D eigenvalue weighted by Crippen LogP contribution is -2.34. The van der Waals surface area contributed by atoms with Crippen molar-refractivity contribution in [3.63, 3.8) is 0 Å². The van der Waals surface area contributed by atoms with E-state index in [1.54, 1.807) is 0 Å². The minimum atomic E-state index is -0.339. The van der Waals surface area contributed by atoms with E-state index in [2.05, 4.69) is 25.8 Å². The van der Waals surface area contributed by atoms with Crippen LogP contribution in [0.4, 0.5) is 0 Å². The van der Waals surface area contributed by atoms with Gasteiger partial charge in [-0.15, -0.1) is 5.10 Å². The Morgan fingerprint density at radius 2 is 2.00 bits per heavy atom. The van der Waals surface area contributed by atoms with E-state index >= 15 is 0 Å². The number of H-pyrrole nitrogens is 1. The highest BCUT2D eigenvalue weighted by molar-refractivity contribution is 5.90. The summed E-state index contributed by atoms with van der Waals surface area (Å²) in [6, 6.07) is 0. The molecule has 1 rings (SSSR count). The van der Waals surface area contributed by atoms with Gasteiger partial charge < -0.3 is 10.6 Å². The Morgan fingerprint density at radius 1 is 1.29 bits per heavy atom. The number of aromatic amines is 1. The van der Waals surface area contributed by atoms with Crippen LogP contribution in [-0.2, 0) is 11.2 Å². The lowest BCUT2D eigenvalue weighted by atomic mass is 10.3. The molecule has 1 aromatic heterocycles. The van der Waals surface area contributed by atoms with Crippen LogP contribution in [0, 0.1) is 0 Å². The fourth-order valence-corrected chi connectivity index (χ4v) is 1.24. The summed E-state index contributed by atoms with van der Waals surface area (Å²) >= 11 is 0. The first-order valence-corrected chi connectivity index (χ1v) is 5.57. The van der Waals surface area contributed by atoms with Crippen molar-refractivity contribution in [2.45, 2.75) is 26.7 Å². The van der Waals surface area contributed by atoms with Gasteiger partial charge in [-0.05, 0) is 6.42 Å². The van der Waals surface area contributed by atoms with E-state index in [0.717, 1.165) is 12.8 Å². The number of amides is 2. The van der Waals surface area contributed by atoms with E-state index in [4.69, 9.17) is 0 Å². The Bertz CT molecular complexity index is 388. The number of nitrogens with one attached hydrogen (secondary N) is 3. The van der Waals surface area contributed by atoms with Crippen LogP contribution < -0.4 is 10.6 Å². The van der Waals surface area contributed by atoms with Gasteiger partial charge in [-0.3, -0.25) is 14.7 Å². The number of carbonyl (C=O) groups is 2. The van der Waals surface area contributed by atoms with Crippen molar-refractivity contribution in [2.75, 3.05) is 13.1 Å². The highest BCUT2D eigenvalue weighted by Crippen LogP contribution is 1.96. The molecule has 1 aromatic rings. The average Bonchev–Trinajstić information content (AvgIpc) is 2.73. The number of hydrogen-bond donors (Lipinski definition) is 3. The van der Waals surface area contributed by atoms with Crippen molar-refractivity contribution in [3.8, 4) is 0 Å². The third-order valence-electron chi connectivity index (χ3n) is 2.01. The molecule has 0 fully saturated rings. The molecular weight excluding hydrogens is 222 g/mol. The van der Waals surface area contributed by atoms with Gasteiger partial charge in [0.25, 0.3) is 5.91 Å². The second-order valence-electron chi connectivity index (χ2n) is 3.59. The lowest BCUT2D eigenvalue weighted by molar-refractivity contribution is -0.118. The maximum atomic E-state index is 11.5. The summed E-state index contributed by atoms with van der Waals surface area (Å²) in [5.74, 6) is 0.382. The maximum absolute atomic E-state index is 11.5. The summed E-state index contributed by atoms with van der Waals surface area (Å²) < 4.78 is 0. The molecule has 2 amide bonds. The quantitative estimate of drug-likeness (QED) is 0.589. The molecule has 0 aliphatic carbocycles. The molecule has 0 spiro atoms. The van der Waals surface area contributed by atoms with Crippen LogP contribution in [0.25, 0.3) is 0 Å². The Kier molecular flexibility index (Phi) is 5.12. The van der Waals surface area contributed by atoms with Crippen LogP contribution in [0.2, 0.25) is 0 Å². The van der Waals surface area contributed by atoms with Crippen molar-refractivity contribution in [2.24, 2.45) is 0 Å². The fourth-order valence-electron chi connectivity index (χ4n) is 1.24. The van der Waals surface area contributed by atoms with Crippen LogP contribution in [0.5, 0.6) is 0 Å². The van der Waals surface area contributed by atoms with Gasteiger partial charge in [-0.2, -0.15) is 0 Å². The van der Waals surface area contributed by atoms with E-state index in [0.29, 0.717) is 18.9 Å². The van der Waals surface area contributed by atoms with Crippen LogP contribution in [0.1, 0.15) is 36.7 Å². The molecule has 0 bridgehead atoms. The molecule has 7 nitrogen and oxygen atoms in total. The lowest BCUT2D eigenvalue weighted by Gasteiger charge is -2.02. The molecule has 7 heteroatoms. The fraction of sp³-hybridized carbons (Fsp3) is 0.600. The molecule has 94 valence electrons. The second-order valence-corrected chi connectivity index (χ2v) is 3.59. The van der Waals surface area contributed by atoms with Gasteiger partial charge >= 0.3 is 0 Å². The van der Waals surface area contributed by atoms with Gasteiger partial charge in [-0.25, -0.2) is 4.98 Å². The molecule has 3 N–H and O–H groups in total. The van der Waals surface area contributed by atoms with Crippen LogP contribution in [0.15, 0.2) is 0 Å². The predicted molar refractivity (Wildman–Crippen MR) is 61.4 cm³/mol. The summed E-state index contributed by atoms with van der Waals surface area (Å²) in [6.45, 7) is 4.20. The van der Waals surface area contributed by atoms with Crippen molar-refractivity contribution < 1.29 is 9.59 Å². The minimum absolute atomic E-state index is 0.123. The van der Waals surface area contributed by atoms with Crippen molar-refractivity contribution >= 4 is 11.8 Å². The molecule has 0 atom stereocenters. The first kappa shape index (κ1) is 13.1. The van der Waals surface area contributed by atoms with E-state index < -0.39 is 0 Å². The second kappa shape index (κ2) is 6.62. The zero-order chi connectivity index (χ0) is 12.7. The highest BCUT2D eigenvalue weighted by Gasteiger charge is 2.11. The number of hydrogen-bond acceptors (Lipinski definition) is 4. The van der Waals surface area contributed by atoms with Gasteiger partial charge in [0, 0.05) is 26.4 Å². The normalized spacial score (nSPS) is 10.0. The number of carbonyl (C=O) groups excluding carboxylic acids is 2. The smallest absolute Gasteiger partial charge is 0.291 e. The molecule has 0 unspecified atom stereocenters. The Labute approximate surface area is 99.4 Å². The van der Waals surface area contributed by atoms with Gasteiger partial charge in [-0.1, -0.05) is 6.92 Å². The number of aromatic nitrogens is 3. The summed E-state index contributed by atoms with van der Waals surface area (Å²) in [6.07, 6.45) is 1.71. The van der Waals surface area contributed by atoms with E-state index in [9.17, 15) is 9.59 Å². The predicted octanol–water partition coefficient (Wildman–Crippen LogP) is -0.377. The van der Waals surface area contributed by atoms with E-state index in [1.807, 2.05) is 6.92 Å². The third kappa shape index (κ3) is 4.62. The summed E-state index contributed by atoms with van der Waals surface area (Å²) in [5, 5.41) is 11.7. The summed E-state index contributed by atoms with van der Waals surface area (Å²) in [7, 11) is 0. The molecular formula is C10H17N5O2. The van der Waals surface area contributed by atoms with Gasteiger partial charge in [0.2, 0.25) is 11.7 Å². The molecule has 0 aromatic carbocycles. The van der Waals surface area contributed by atoms with E-state index in [1.165, 1.54) is 6.92 Å². The third-order valence-corrected chi connectivity index (χ3v) is 2.01. The van der Waals surface area contributed by atoms with Gasteiger partial charge in [0.15, 0.2) is 0 Å². The van der Waals surface area contributed by atoms with Crippen molar-refractivity contribution in [1.29, 1.82) is 0 Å². The standard InChI is InChI=1S/C10H17N5O2/c1-3-4-8-13-9(15-14-8)10(17)12-6-5-11-7(2)16/h3-6H2,1-2H3,(H,11,16)(H,12,17)(H,13,14,15). The van der Waals surface area contributed by atoms with Crippen molar-refractivity contribution in [3.05, 3.63) is 11.6 Å². The molecule has 0 saturated heterocycles. The van der Waals surface area contributed by atoms with Crippen LogP contribution in [-0.4, -0.2) is 40.1 Å². The highest BCUT2D eigenvalue weighted by atomic mass is 16.2. The zero-order valence-electron chi connectivity index (χ0n) is 10.0. The Hall–Kier alpha value is -1.92. The van der Waals surface area contributed by atoms with Gasteiger partial charge in [0.1, 0.15) is 5.82 Å². The Morgan fingerprint density at radius 3 is 2.65 bits per heavy atom.